The molecule has 2 aliphatic heterocycles. The van der Waals surface area contributed by atoms with Crippen molar-refractivity contribution in [3.63, 3.8) is 0 Å². The minimum absolute atomic E-state index is 0.00251. The van der Waals surface area contributed by atoms with E-state index in [0.717, 1.165) is 41.9 Å². The number of aryl methyl sites for hydroxylation is 1. The molecule has 1 saturated carbocycles. The van der Waals surface area contributed by atoms with Gasteiger partial charge in [-0.3, -0.25) is 14.6 Å². The third-order valence-electron chi connectivity index (χ3n) is 5.90. The molecule has 1 unspecified atom stereocenters. The van der Waals surface area contributed by atoms with Gasteiger partial charge in [0.1, 0.15) is 18.9 Å². The number of carbonyl (C=O) groups is 2. The maximum absolute atomic E-state index is 13.4. The van der Waals surface area contributed by atoms with Gasteiger partial charge in [-0.2, -0.15) is 0 Å². The van der Waals surface area contributed by atoms with Crippen molar-refractivity contribution in [1.29, 1.82) is 0 Å². The summed E-state index contributed by atoms with van der Waals surface area (Å²) >= 11 is 0. The van der Waals surface area contributed by atoms with E-state index >= 15 is 0 Å². The molecule has 1 aliphatic carbocycles. The second-order valence-electron chi connectivity index (χ2n) is 7.83. The van der Waals surface area contributed by atoms with Gasteiger partial charge in [0.15, 0.2) is 0 Å². The average molecular weight is 389 g/mol. The number of benzene rings is 2. The highest BCUT2D eigenvalue weighted by Gasteiger charge is 2.38. The van der Waals surface area contributed by atoms with Crippen molar-refractivity contribution >= 4 is 34.6 Å². The number of rotatable bonds is 2. The highest BCUT2D eigenvalue weighted by molar-refractivity contribution is 6.17. The number of para-hydroxylation sites is 2. The van der Waals surface area contributed by atoms with Crippen molar-refractivity contribution in [2.24, 2.45) is 10.9 Å². The first-order valence-electron chi connectivity index (χ1n) is 10.1. The van der Waals surface area contributed by atoms with Gasteiger partial charge < -0.3 is 14.5 Å². The molecule has 2 aromatic carbocycles. The summed E-state index contributed by atoms with van der Waals surface area (Å²) in [5, 5.41) is 0. The van der Waals surface area contributed by atoms with Crippen LogP contribution in [0.15, 0.2) is 47.5 Å². The number of hydrogen-bond donors (Lipinski definition) is 0. The Morgan fingerprint density at radius 1 is 1.21 bits per heavy atom. The van der Waals surface area contributed by atoms with Crippen LogP contribution in [0.2, 0.25) is 0 Å². The highest BCUT2D eigenvalue weighted by Crippen LogP contribution is 2.38. The van der Waals surface area contributed by atoms with Crippen molar-refractivity contribution in [3.05, 3.63) is 48.0 Å². The first-order valence-corrected chi connectivity index (χ1v) is 10.1. The Labute approximate surface area is 169 Å². The summed E-state index contributed by atoms with van der Waals surface area (Å²) in [5.74, 6) is 0.371. The molecule has 29 heavy (non-hydrogen) atoms. The Bertz CT molecular complexity index is 1030. The smallest absolute Gasteiger partial charge is 0.247 e. The zero-order valence-corrected chi connectivity index (χ0v) is 16.4. The fraction of sp³-hybridized carbons (Fsp3) is 0.348. The molecule has 2 heterocycles. The van der Waals surface area contributed by atoms with E-state index in [4.69, 9.17) is 9.73 Å². The Morgan fingerprint density at radius 2 is 2.07 bits per heavy atom. The molecule has 5 rings (SSSR count). The molecule has 6 nitrogen and oxygen atoms in total. The quantitative estimate of drug-likeness (QED) is 0.788. The Balaban J connectivity index is 1.48. The minimum atomic E-state index is -0.214. The fourth-order valence-corrected chi connectivity index (χ4v) is 4.45. The first-order chi connectivity index (χ1) is 14.1. The van der Waals surface area contributed by atoms with Gasteiger partial charge >= 0.3 is 0 Å². The topological polar surface area (TPSA) is 62.2 Å². The van der Waals surface area contributed by atoms with Crippen molar-refractivity contribution in [2.75, 3.05) is 29.5 Å². The second kappa shape index (κ2) is 7.03. The molecule has 148 valence electrons. The maximum Gasteiger partial charge on any atom is 0.247 e. The van der Waals surface area contributed by atoms with Gasteiger partial charge in [-0.25, -0.2) is 0 Å². The predicted octanol–water partition coefficient (Wildman–Crippen LogP) is 3.64. The first kappa shape index (κ1) is 17.9. The third-order valence-corrected chi connectivity index (χ3v) is 5.90. The zero-order valence-electron chi connectivity index (χ0n) is 16.4. The number of nitrogens with zero attached hydrogens (tertiary/aromatic N) is 3. The molecule has 1 atom stereocenters. The van der Waals surface area contributed by atoms with Crippen molar-refractivity contribution in [3.8, 4) is 5.75 Å². The largest absolute Gasteiger partial charge is 0.490 e. The molecule has 2 aromatic rings. The number of aliphatic imine (C=N–C) groups is 1. The number of fused-ring (bicyclic) bond motifs is 3. The summed E-state index contributed by atoms with van der Waals surface area (Å²) in [6.45, 7) is 2.92. The summed E-state index contributed by atoms with van der Waals surface area (Å²) in [6.07, 6.45) is 2.62. The Hall–Kier alpha value is -3.15. The van der Waals surface area contributed by atoms with E-state index < -0.39 is 0 Å². The summed E-state index contributed by atoms with van der Waals surface area (Å²) in [5.41, 5.74) is 4.27. The van der Waals surface area contributed by atoms with Crippen molar-refractivity contribution in [1.82, 2.24) is 0 Å². The molecule has 3 aliphatic rings. The lowest BCUT2D eigenvalue weighted by atomic mass is 10.0. The Kier molecular flexibility index (Phi) is 4.34. The van der Waals surface area contributed by atoms with E-state index in [1.807, 2.05) is 49.4 Å². The number of amides is 2. The van der Waals surface area contributed by atoms with E-state index in [2.05, 4.69) is 0 Å². The van der Waals surface area contributed by atoms with Crippen molar-refractivity contribution < 1.29 is 14.3 Å². The fourth-order valence-electron chi connectivity index (χ4n) is 4.45. The highest BCUT2D eigenvalue weighted by atomic mass is 16.5. The van der Waals surface area contributed by atoms with E-state index in [1.165, 1.54) is 0 Å². The van der Waals surface area contributed by atoms with Gasteiger partial charge in [-0.05, 0) is 56.0 Å². The zero-order chi connectivity index (χ0) is 20.0. The summed E-state index contributed by atoms with van der Waals surface area (Å²) < 4.78 is 5.71. The van der Waals surface area contributed by atoms with Gasteiger partial charge in [0, 0.05) is 5.71 Å². The van der Waals surface area contributed by atoms with Gasteiger partial charge in [0.2, 0.25) is 11.8 Å². The van der Waals surface area contributed by atoms with Crippen LogP contribution in [0, 0.1) is 12.8 Å². The molecule has 0 bridgehead atoms. The molecule has 2 amide bonds. The molecule has 0 spiro atoms. The van der Waals surface area contributed by atoms with Gasteiger partial charge in [-0.1, -0.05) is 18.2 Å². The van der Waals surface area contributed by atoms with Gasteiger partial charge in [0.05, 0.1) is 29.5 Å². The summed E-state index contributed by atoms with van der Waals surface area (Å²) in [4.78, 5) is 34.8. The number of anilines is 2. The minimum Gasteiger partial charge on any atom is -0.490 e. The van der Waals surface area contributed by atoms with Crippen LogP contribution in [0.1, 0.15) is 24.8 Å². The van der Waals surface area contributed by atoms with Crippen LogP contribution in [0.4, 0.5) is 17.1 Å². The molecule has 0 aromatic heterocycles. The molecule has 0 N–H and O–H groups in total. The molecule has 0 saturated heterocycles. The SMILES string of the molecule is Cc1ccc2c(c1)N(C(=O)CN1C(=O)C3CCCC3=Nc3ccccc31)CCO2. The lowest BCUT2D eigenvalue weighted by Gasteiger charge is -2.32. The normalized spacial score (nSPS) is 20.2. The second-order valence-corrected chi connectivity index (χ2v) is 7.83. The number of hydrogen-bond acceptors (Lipinski definition) is 4. The standard InChI is InChI=1S/C23H23N3O3/c1-15-9-10-21-20(13-15)25(11-12-29-21)22(27)14-26-19-8-3-2-6-18(19)24-17-7-4-5-16(17)23(26)28/h2-3,6,8-10,13,16H,4-5,7,11-12,14H2,1H3. The van der Waals surface area contributed by atoms with Gasteiger partial charge in [0.25, 0.3) is 0 Å². The lowest BCUT2D eigenvalue weighted by molar-refractivity contribution is -0.123. The van der Waals surface area contributed by atoms with Crippen molar-refractivity contribution in [2.45, 2.75) is 26.2 Å². The van der Waals surface area contributed by atoms with Crippen LogP contribution in [0.3, 0.4) is 0 Å². The third kappa shape index (κ3) is 3.09. The van der Waals surface area contributed by atoms with E-state index in [1.54, 1.807) is 9.80 Å². The number of carbonyl (C=O) groups excluding carboxylic acids is 2. The molecule has 0 radical (unpaired) electrons. The maximum atomic E-state index is 13.4. The molecular formula is C23H23N3O3. The van der Waals surface area contributed by atoms with Crippen LogP contribution in [-0.2, 0) is 9.59 Å². The van der Waals surface area contributed by atoms with E-state index in [9.17, 15) is 9.59 Å². The van der Waals surface area contributed by atoms with Crippen LogP contribution in [0.25, 0.3) is 0 Å². The van der Waals surface area contributed by atoms with E-state index in [-0.39, 0.29) is 24.3 Å². The van der Waals surface area contributed by atoms with Crippen LogP contribution < -0.4 is 14.5 Å². The molecule has 6 heteroatoms. The van der Waals surface area contributed by atoms with Crippen LogP contribution in [0.5, 0.6) is 5.75 Å². The Morgan fingerprint density at radius 3 is 2.97 bits per heavy atom. The summed E-state index contributed by atoms with van der Waals surface area (Å²) in [7, 11) is 0. The van der Waals surface area contributed by atoms with Crippen LogP contribution in [-0.4, -0.2) is 37.2 Å². The molecular weight excluding hydrogens is 366 g/mol. The van der Waals surface area contributed by atoms with Gasteiger partial charge in [-0.15, -0.1) is 0 Å². The molecule has 1 fully saturated rings. The predicted molar refractivity (Wildman–Crippen MR) is 112 cm³/mol. The number of ether oxygens (including phenoxy) is 1. The van der Waals surface area contributed by atoms with E-state index in [0.29, 0.717) is 24.6 Å². The van der Waals surface area contributed by atoms with Crippen LogP contribution >= 0.6 is 0 Å². The monoisotopic (exact) mass is 389 g/mol. The average Bonchev–Trinajstić information content (AvgIpc) is 3.16. The summed E-state index contributed by atoms with van der Waals surface area (Å²) in [6, 6.07) is 13.4. The lowest BCUT2D eigenvalue weighted by Crippen LogP contribution is -2.47.